The predicted molar refractivity (Wildman–Crippen MR) is 45.7 cm³/mol. The van der Waals surface area contributed by atoms with Gasteiger partial charge in [0.25, 0.3) is 0 Å². The first-order chi connectivity index (χ1) is 5.92. The van der Waals surface area contributed by atoms with Gasteiger partial charge in [-0.1, -0.05) is 6.42 Å². The molecular formula is C10H12N2. The highest BCUT2D eigenvalue weighted by Crippen LogP contribution is 2.63. The van der Waals surface area contributed by atoms with Crippen molar-refractivity contribution in [1.82, 2.24) is 9.97 Å². The summed E-state index contributed by atoms with van der Waals surface area (Å²) >= 11 is 0. The summed E-state index contributed by atoms with van der Waals surface area (Å²) in [5.74, 6) is 2.02. The van der Waals surface area contributed by atoms with Crippen LogP contribution in [0.4, 0.5) is 0 Å². The summed E-state index contributed by atoms with van der Waals surface area (Å²) < 4.78 is 0. The van der Waals surface area contributed by atoms with E-state index in [1.54, 1.807) is 0 Å². The fourth-order valence-electron chi connectivity index (χ4n) is 2.67. The van der Waals surface area contributed by atoms with E-state index < -0.39 is 0 Å². The molecule has 2 aliphatic rings. The largest absolute Gasteiger partial charge is 0.241 e. The molecule has 0 saturated heterocycles. The van der Waals surface area contributed by atoms with E-state index in [9.17, 15) is 0 Å². The van der Waals surface area contributed by atoms with Crippen LogP contribution in [0.1, 0.15) is 31.5 Å². The summed E-state index contributed by atoms with van der Waals surface area (Å²) in [6.45, 7) is 0. The van der Waals surface area contributed by atoms with Crippen molar-refractivity contribution in [3.63, 3.8) is 0 Å². The van der Waals surface area contributed by atoms with Crippen LogP contribution in [0.5, 0.6) is 0 Å². The monoisotopic (exact) mass is 160 g/mol. The van der Waals surface area contributed by atoms with Crippen LogP contribution in [0.15, 0.2) is 18.5 Å². The molecular weight excluding hydrogens is 148 g/mol. The lowest BCUT2D eigenvalue weighted by Gasteiger charge is -2.08. The number of hydrogen-bond acceptors (Lipinski definition) is 2. The van der Waals surface area contributed by atoms with Gasteiger partial charge in [0.1, 0.15) is 5.82 Å². The van der Waals surface area contributed by atoms with Gasteiger partial charge in [-0.3, -0.25) is 0 Å². The smallest absolute Gasteiger partial charge is 0.134 e. The number of hydrogen-bond donors (Lipinski definition) is 0. The maximum absolute atomic E-state index is 4.36. The molecule has 1 aromatic heterocycles. The lowest BCUT2D eigenvalue weighted by Crippen LogP contribution is -2.09. The van der Waals surface area contributed by atoms with Crippen LogP contribution in [0, 0.1) is 5.92 Å². The molecule has 2 saturated carbocycles. The molecule has 1 aromatic rings. The van der Waals surface area contributed by atoms with E-state index in [1.165, 1.54) is 25.7 Å². The van der Waals surface area contributed by atoms with E-state index in [0.29, 0.717) is 5.41 Å². The molecule has 2 atom stereocenters. The summed E-state index contributed by atoms with van der Waals surface area (Å²) in [6, 6.07) is 1.90. The van der Waals surface area contributed by atoms with E-state index in [2.05, 4.69) is 9.97 Å². The molecule has 2 unspecified atom stereocenters. The molecule has 12 heavy (non-hydrogen) atoms. The number of fused-ring (bicyclic) bond motifs is 1. The first kappa shape index (κ1) is 6.58. The van der Waals surface area contributed by atoms with Crippen molar-refractivity contribution in [3.05, 3.63) is 24.3 Å². The normalized spacial score (nSPS) is 37.8. The second-order valence-corrected chi connectivity index (χ2v) is 4.02. The Kier molecular flexibility index (Phi) is 1.13. The highest BCUT2D eigenvalue weighted by molar-refractivity contribution is 5.24. The first-order valence-electron chi connectivity index (χ1n) is 4.69. The number of rotatable bonds is 1. The first-order valence-corrected chi connectivity index (χ1v) is 4.69. The molecule has 62 valence electrons. The van der Waals surface area contributed by atoms with Crippen molar-refractivity contribution in [2.24, 2.45) is 5.92 Å². The SMILES string of the molecule is c1cnc(C23CCCC2C3)nc1. The number of nitrogens with zero attached hydrogens (tertiary/aromatic N) is 2. The van der Waals surface area contributed by atoms with Gasteiger partial charge in [0, 0.05) is 17.8 Å². The topological polar surface area (TPSA) is 25.8 Å². The molecule has 2 nitrogen and oxygen atoms in total. The Morgan fingerprint density at radius 2 is 2.17 bits per heavy atom. The van der Waals surface area contributed by atoms with Gasteiger partial charge in [-0.25, -0.2) is 9.97 Å². The average Bonchev–Trinajstić information content (AvgIpc) is 2.72. The van der Waals surface area contributed by atoms with Gasteiger partial charge in [0.05, 0.1) is 0 Å². The summed E-state index contributed by atoms with van der Waals surface area (Å²) in [5, 5.41) is 0. The van der Waals surface area contributed by atoms with Gasteiger partial charge in [0.15, 0.2) is 0 Å². The molecule has 2 heteroatoms. The van der Waals surface area contributed by atoms with Gasteiger partial charge in [-0.15, -0.1) is 0 Å². The summed E-state index contributed by atoms with van der Waals surface area (Å²) in [6.07, 6.45) is 9.18. The lowest BCUT2D eigenvalue weighted by atomic mass is 10.0. The van der Waals surface area contributed by atoms with Crippen LogP contribution < -0.4 is 0 Å². The summed E-state index contributed by atoms with van der Waals surface area (Å²) in [7, 11) is 0. The van der Waals surface area contributed by atoms with E-state index >= 15 is 0 Å². The van der Waals surface area contributed by atoms with Gasteiger partial charge in [-0.2, -0.15) is 0 Å². The zero-order valence-corrected chi connectivity index (χ0v) is 7.03. The Bertz CT molecular complexity index is 296. The van der Waals surface area contributed by atoms with Crippen molar-refractivity contribution < 1.29 is 0 Å². The Morgan fingerprint density at radius 1 is 1.33 bits per heavy atom. The highest BCUT2D eigenvalue weighted by atomic mass is 14.9. The Hall–Kier alpha value is -0.920. The minimum atomic E-state index is 0.432. The number of aromatic nitrogens is 2. The van der Waals surface area contributed by atoms with E-state index in [1.807, 2.05) is 18.5 Å². The van der Waals surface area contributed by atoms with Crippen LogP contribution in [0.2, 0.25) is 0 Å². The van der Waals surface area contributed by atoms with Crippen LogP contribution in [-0.4, -0.2) is 9.97 Å². The summed E-state index contributed by atoms with van der Waals surface area (Å²) in [5.41, 5.74) is 0.432. The average molecular weight is 160 g/mol. The fraction of sp³-hybridized carbons (Fsp3) is 0.600. The van der Waals surface area contributed by atoms with Crippen LogP contribution in [0.25, 0.3) is 0 Å². The van der Waals surface area contributed by atoms with Crippen LogP contribution in [-0.2, 0) is 5.41 Å². The van der Waals surface area contributed by atoms with Crippen LogP contribution in [0.3, 0.4) is 0 Å². The minimum absolute atomic E-state index is 0.432. The van der Waals surface area contributed by atoms with E-state index in [4.69, 9.17) is 0 Å². The molecule has 3 rings (SSSR count). The molecule has 0 aromatic carbocycles. The fourth-order valence-corrected chi connectivity index (χ4v) is 2.67. The molecule has 0 aliphatic heterocycles. The Morgan fingerprint density at radius 3 is 2.75 bits per heavy atom. The van der Waals surface area contributed by atoms with Crippen molar-refractivity contribution in [1.29, 1.82) is 0 Å². The van der Waals surface area contributed by atoms with Crippen molar-refractivity contribution >= 4 is 0 Å². The molecule has 2 fully saturated rings. The zero-order chi connectivity index (χ0) is 8.02. The van der Waals surface area contributed by atoms with Gasteiger partial charge in [-0.05, 0) is 31.2 Å². The molecule has 0 radical (unpaired) electrons. The molecule has 2 aliphatic carbocycles. The van der Waals surface area contributed by atoms with Gasteiger partial charge < -0.3 is 0 Å². The lowest BCUT2D eigenvalue weighted by molar-refractivity contribution is 0.610. The van der Waals surface area contributed by atoms with Gasteiger partial charge >= 0.3 is 0 Å². The third-order valence-corrected chi connectivity index (χ3v) is 3.42. The molecule has 0 bridgehead atoms. The van der Waals surface area contributed by atoms with E-state index in [-0.39, 0.29) is 0 Å². The second-order valence-electron chi connectivity index (χ2n) is 4.02. The maximum atomic E-state index is 4.36. The van der Waals surface area contributed by atoms with Crippen molar-refractivity contribution in [2.45, 2.75) is 31.1 Å². The molecule has 0 spiro atoms. The Balaban J connectivity index is 2.00. The Labute approximate surface area is 72.0 Å². The maximum Gasteiger partial charge on any atom is 0.134 e. The van der Waals surface area contributed by atoms with Crippen molar-refractivity contribution in [3.8, 4) is 0 Å². The second kappa shape index (κ2) is 2.06. The third kappa shape index (κ3) is 0.701. The van der Waals surface area contributed by atoms with E-state index in [0.717, 1.165) is 11.7 Å². The summed E-state index contributed by atoms with van der Waals surface area (Å²) in [4.78, 5) is 8.73. The quantitative estimate of drug-likeness (QED) is 0.627. The minimum Gasteiger partial charge on any atom is -0.241 e. The zero-order valence-electron chi connectivity index (χ0n) is 7.03. The standard InChI is InChI=1S/C10H12N2/c1-3-8-7-10(8,4-1)9-11-5-2-6-12-9/h2,5-6,8H,1,3-4,7H2. The molecule has 0 amide bonds. The van der Waals surface area contributed by atoms with Crippen molar-refractivity contribution in [2.75, 3.05) is 0 Å². The predicted octanol–water partition coefficient (Wildman–Crippen LogP) is 1.92. The molecule has 1 heterocycles. The van der Waals surface area contributed by atoms with Crippen LogP contribution >= 0.6 is 0 Å². The molecule has 0 N–H and O–H groups in total. The highest BCUT2D eigenvalue weighted by Gasteiger charge is 2.59. The third-order valence-electron chi connectivity index (χ3n) is 3.42. The van der Waals surface area contributed by atoms with Gasteiger partial charge in [0.2, 0.25) is 0 Å².